The van der Waals surface area contributed by atoms with Crippen molar-refractivity contribution in [2.75, 3.05) is 12.4 Å². The number of rotatable bonds is 8. The molecule has 1 amide bonds. The van der Waals surface area contributed by atoms with E-state index in [4.69, 9.17) is 4.74 Å². The van der Waals surface area contributed by atoms with E-state index in [0.717, 1.165) is 17.0 Å². The number of thioether (sulfide) groups is 1. The van der Waals surface area contributed by atoms with Gasteiger partial charge in [0, 0.05) is 18.3 Å². The lowest BCUT2D eigenvalue weighted by Crippen LogP contribution is -2.20. The van der Waals surface area contributed by atoms with E-state index in [2.05, 4.69) is 27.0 Å². The second-order valence-corrected chi connectivity index (χ2v) is 9.42. The number of methoxy groups -OCH3 is 1. The molecule has 6 nitrogen and oxygen atoms in total. The second kappa shape index (κ2) is 10.0. The first-order chi connectivity index (χ1) is 15.5. The fraction of sp³-hybridized carbons (Fsp3) is 0.208. The van der Waals surface area contributed by atoms with Crippen LogP contribution >= 0.6 is 23.1 Å². The molecule has 0 bridgehead atoms. The molecule has 0 saturated carbocycles. The van der Waals surface area contributed by atoms with Crippen LogP contribution in [0.2, 0.25) is 0 Å². The fourth-order valence-corrected chi connectivity index (χ4v) is 5.02. The molecule has 0 saturated heterocycles. The summed E-state index contributed by atoms with van der Waals surface area (Å²) in [6, 6.07) is 19.5. The van der Waals surface area contributed by atoms with Gasteiger partial charge in [0.05, 0.1) is 12.8 Å². The van der Waals surface area contributed by atoms with Crippen LogP contribution in [-0.2, 0) is 18.3 Å². The highest BCUT2D eigenvalue weighted by atomic mass is 32.2. The van der Waals surface area contributed by atoms with Crippen LogP contribution < -0.4 is 10.1 Å². The van der Waals surface area contributed by atoms with Crippen molar-refractivity contribution in [2.45, 2.75) is 23.8 Å². The van der Waals surface area contributed by atoms with E-state index in [1.54, 1.807) is 18.4 Å². The molecule has 0 radical (unpaired) electrons. The quantitative estimate of drug-likeness (QED) is 0.360. The van der Waals surface area contributed by atoms with Crippen LogP contribution in [0.4, 0.5) is 5.69 Å². The van der Waals surface area contributed by atoms with Gasteiger partial charge < -0.3 is 14.6 Å². The molecule has 4 rings (SSSR count). The summed E-state index contributed by atoms with van der Waals surface area (Å²) < 4.78 is 7.39. The number of carbonyl (C=O) groups excluding carboxylic acids is 1. The van der Waals surface area contributed by atoms with Gasteiger partial charge in [-0.15, -0.1) is 21.5 Å². The van der Waals surface area contributed by atoms with Crippen molar-refractivity contribution in [3.8, 4) is 5.75 Å². The van der Waals surface area contributed by atoms with E-state index in [9.17, 15) is 4.79 Å². The topological polar surface area (TPSA) is 69.0 Å². The summed E-state index contributed by atoms with van der Waals surface area (Å²) in [5, 5.41) is 14.0. The molecule has 8 heteroatoms. The highest BCUT2D eigenvalue weighted by molar-refractivity contribution is 8.00. The first kappa shape index (κ1) is 22.1. The van der Waals surface area contributed by atoms with E-state index in [1.165, 1.54) is 16.6 Å². The molecule has 2 heterocycles. The molecule has 0 fully saturated rings. The van der Waals surface area contributed by atoms with Crippen LogP contribution in [-0.4, -0.2) is 27.8 Å². The van der Waals surface area contributed by atoms with Crippen LogP contribution in [0.15, 0.2) is 71.2 Å². The summed E-state index contributed by atoms with van der Waals surface area (Å²) in [6.07, 6.45) is 0.713. The summed E-state index contributed by atoms with van der Waals surface area (Å²) in [6.45, 7) is 1.98. The van der Waals surface area contributed by atoms with Crippen molar-refractivity contribution < 1.29 is 9.53 Å². The summed E-state index contributed by atoms with van der Waals surface area (Å²) in [7, 11) is 3.53. The molecule has 2 aromatic heterocycles. The SMILES string of the molecule is COc1ccc(C)cc1NC(=O)C(Sc1nnc(Cc2cccs2)n1C)c1ccccc1. The van der Waals surface area contributed by atoms with E-state index < -0.39 is 5.25 Å². The summed E-state index contributed by atoms with van der Waals surface area (Å²) in [4.78, 5) is 14.7. The number of hydrogen-bond donors (Lipinski definition) is 1. The number of benzene rings is 2. The zero-order valence-electron chi connectivity index (χ0n) is 18.1. The van der Waals surface area contributed by atoms with Gasteiger partial charge >= 0.3 is 0 Å². The summed E-state index contributed by atoms with van der Waals surface area (Å²) in [5.74, 6) is 1.34. The molecular formula is C24H24N4O2S2. The maximum Gasteiger partial charge on any atom is 0.242 e. The molecule has 164 valence electrons. The molecular weight excluding hydrogens is 440 g/mol. The predicted octanol–water partition coefficient (Wildman–Crippen LogP) is 5.26. The van der Waals surface area contributed by atoms with Gasteiger partial charge in [0.1, 0.15) is 16.8 Å². The zero-order chi connectivity index (χ0) is 22.5. The lowest BCUT2D eigenvalue weighted by molar-refractivity contribution is -0.115. The van der Waals surface area contributed by atoms with Crippen LogP contribution in [0.25, 0.3) is 0 Å². The number of carbonyl (C=O) groups is 1. The Morgan fingerprint density at radius 2 is 1.97 bits per heavy atom. The van der Waals surface area contributed by atoms with Crippen LogP contribution in [0.3, 0.4) is 0 Å². The minimum absolute atomic E-state index is 0.145. The molecule has 1 N–H and O–H groups in total. The standard InChI is InChI=1S/C24H24N4O2S2/c1-16-11-12-20(30-3)19(14-16)25-23(29)22(17-8-5-4-6-9-17)32-24-27-26-21(28(24)2)15-18-10-7-13-31-18/h4-14,22H,15H2,1-3H3,(H,25,29). The lowest BCUT2D eigenvalue weighted by Gasteiger charge is -2.18. The molecule has 0 aliphatic carbocycles. The number of amides is 1. The number of nitrogens with zero attached hydrogens (tertiary/aromatic N) is 3. The third-order valence-corrected chi connectivity index (χ3v) is 7.18. The minimum atomic E-state index is -0.501. The van der Waals surface area contributed by atoms with Gasteiger partial charge in [0.2, 0.25) is 5.91 Å². The van der Waals surface area contributed by atoms with Gasteiger partial charge in [-0.05, 0) is 41.6 Å². The third-order valence-electron chi connectivity index (χ3n) is 5.01. The smallest absolute Gasteiger partial charge is 0.242 e. The van der Waals surface area contributed by atoms with Gasteiger partial charge in [-0.25, -0.2) is 0 Å². The Bertz CT molecular complexity index is 1190. The summed E-state index contributed by atoms with van der Waals surface area (Å²) in [5.41, 5.74) is 2.58. The molecule has 0 spiro atoms. The van der Waals surface area contributed by atoms with Gasteiger partial charge in [-0.2, -0.15) is 0 Å². The number of ether oxygens (including phenoxy) is 1. The maximum absolute atomic E-state index is 13.4. The van der Waals surface area contributed by atoms with Crippen molar-refractivity contribution in [2.24, 2.45) is 7.05 Å². The highest BCUT2D eigenvalue weighted by Crippen LogP contribution is 2.36. The first-order valence-corrected chi connectivity index (χ1v) is 11.9. The number of aromatic nitrogens is 3. The first-order valence-electron chi connectivity index (χ1n) is 10.1. The van der Waals surface area contributed by atoms with Crippen LogP contribution in [0.1, 0.15) is 27.1 Å². The number of nitrogens with one attached hydrogen (secondary N) is 1. The van der Waals surface area contributed by atoms with Crippen LogP contribution in [0, 0.1) is 6.92 Å². The monoisotopic (exact) mass is 464 g/mol. The molecule has 1 atom stereocenters. The van der Waals surface area contributed by atoms with E-state index in [1.807, 2.05) is 73.1 Å². The molecule has 2 aromatic carbocycles. The predicted molar refractivity (Wildman–Crippen MR) is 130 cm³/mol. The molecule has 32 heavy (non-hydrogen) atoms. The second-order valence-electron chi connectivity index (χ2n) is 7.32. The number of thiophene rings is 1. The Hall–Kier alpha value is -3.10. The number of anilines is 1. The van der Waals surface area contributed by atoms with E-state index >= 15 is 0 Å². The normalized spacial score (nSPS) is 11.8. The Kier molecular flexibility index (Phi) is 6.92. The average Bonchev–Trinajstić information content (AvgIpc) is 3.43. The molecule has 4 aromatic rings. The molecule has 1 unspecified atom stereocenters. The maximum atomic E-state index is 13.4. The highest BCUT2D eigenvalue weighted by Gasteiger charge is 2.26. The van der Waals surface area contributed by atoms with Crippen LogP contribution in [0.5, 0.6) is 5.75 Å². The molecule has 0 aliphatic rings. The Balaban J connectivity index is 1.60. The van der Waals surface area contributed by atoms with Gasteiger partial charge in [0.25, 0.3) is 0 Å². The van der Waals surface area contributed by atoms with Gasteiger partial charge in [-0.1, -0.05) is 54.2 Å². The number of aryl methyl sites for hydroxylation is 1. The van der Waals surface area contributed by atoms with E-state index in [-0.39, 0.29) is 5.91 Å². The average molecular weight is 465 g/mol. The van der Waals surface area contributed by atoms with Crippen molar-refractivity contribution >= 4 is 34.7 Å². The zero-order valence-corrected chi connectivity index (χ0v) is 19.7. The third kappa shape index (κ3) is 5.03. The Morgan fingerprint density at radius 3 is 2.69 bits per heavy atom. The fourth-order valence-electron chi connectivity index (χ4n) is 3.29. The van der Waals surface area contributed by atoms with Gasteiger partial charge in [0.15, 0.2) is 5.16 Å². The largest absolute Gasteiger partial charge is 0.495 e. The number of hydrogen-bond acceptors (Lipinski definition) is 6. The van der Waals surface area contributed by atoms with E-state index in [0.29, 0.717) is 23.0 Å². The minimum Gasteiger partial charge on any atom is -0.495 e. The molecule has 0 aliphatic heterocycles. The lowest BCUT2D eigenvalue weighted by atomic mass is 10.1. The van der Waals surface area contributed by atoms with Crippen molar-refractivity contribution in [3.63, 3.8) is 0 Å². The summed E-state index contributed by atoms with van der Waals surface area (Å²) >= 11 is 3.08. The van der Waals surface area contributed by atoms with Crippen molar-refractivity contribution in [3.05, 3.63) is 87.9 Å². The van der Waals surface area contributed by atoms with Crippen molar-refractivity contribution in [1.29, 1.82) is 0 Å². The van der Waals surface area contributed by atoms with Crippen molar-refractivity contribution in [1.82, 2.24) is 14.8 Å². The van der Waals surface area contributed by atoms with Gasteiger partial charge in [-0.3, -0.25) is 4.79 Å². The Labute approximate surface area is 195 Å². The Morgan fingerprint density at radius 1 is 1.16 bits per heavy atom.